The number of hydrogen-bond donors (Lipinski definition) is 2. The molecular weight excluding hydrogens is 404 g/mol. The molecule has 1 amide bonds. The van der Waals surface area contributed by atoms with E-state index in [-0.39, 0.29) is 17.0 Å². The molecule has 0 radical (unpaired) electrons. The Morgan fingerprint density at radius 1 is 1.10 bits per heavy atom. The Morgan fingerprint density at radius 2 is 1.77 bits per heavy atom. The molecule has 0 spiro atoms. The van der Waals surface area contributed by atoms with Crippen molar-refractivity contribution in [2.75, 3.05) is 7.11 Å². The highest BCUT2D eigenvalue weighted by molar-refractivity contribution is 7.89. The molecule has 162 valence electrons. The molecule has 0 saturated carbocycles. The SMILES string of the molecule is CCCC(C)(NC(=O)c1cc(S(=O)(=O)NCc2ccccc2)ccc1C)C(=O)OC. The van der Waals surface area contributed by atoms with Crippen molar-refractivity contribution in [2.24, 2.45) is 0 Å². The first kappa shape index (κ1) is 23.6. The predicted molar refractivity (Wildman–Crippen MR) is 114 cm³/mol. The quantitative estimate of drug-likeness (QED) is 0.593. The van der Waals surface area contributed by atoms with Gasteiger partial charge in [-0.05, 0) is 43.5 Å². The molecule has 1 unspecified atom stereocenters. The number of rotatable bonds is 9. The fourth-order valence-electron chi connectivity index (χ4n) is 3.13. The van der Waals surface area contributed by atoms with Crippen LogP contribution in [0.15, 0.2) is 53.4 Å². The van der Waals surface area contributed by atoms with Gasteiger partial charge in [0.2, 0.25) is 10.0 Å². The zero-order chi connectivity index (χ0) is 22.4. The number of carbonyl (C=O) groups excluding carboxylic acids is 2. The highest BCUT2D eigenvalue weighted by Gasteiger charge is 2.35. The van der Waals surface area contributed by atoms with Crippen molar-refractivity contribution < 1.29 is 22.7 Å². The molecule has 2 aromatic carbocycles. The third kappa shape index (κ3) is 5.67. The molecule has 0 saturated heterocycles. The van der Waals surface area contributed by atoms with Crippen LogP contribution in [0.3, 0.4) is 0 Å². The van der Waals surface area contributed by atoms with Crippen LogP contribution in [0.4, 0.5) is 0 Å². The number of esters is 1. The van der Waals surface area contributed by atoms with Crippen molar-refractivity contribution in [1.82, 2.24) is 10.0 Å². The zero-order valence-electron chi connectivity index (χ0n) is 17.7. The normalized spacial score (nSPS) is 13.3. The molecule has 1 atom stereocenters. The fourth-order valence-corrected chi connectivity index (χ4v) is 4.17. The second-order valence-electron chi connectivity index (χ2n) is 7.31. The van der Waals surface area contributed by atoms with Gasteiger partial charge >= 0.3 is 5.97 Å². The van der Waals surface area contributed by atoms with Crippen LogP contribution in [0.2, 0.25) is 0 Å². The van der Waals surface area contributed by atoms with Gasteiger partial charge in [0.25, 0.3) is 5.91 Å². The van der Waals surface area contributed by atoms with Crippen molar-refractivity contribution in [3.8, 4) is 0 Å². The first-order valence-corrected chi connectivity index (χ1v) is 11.2. The monoisotopic (exact) mass is 432 g/mol. The lowest BCUT2D eigenvalue weighted by Gasteiger charge is -2.28. The Kier molecular flexibility index (Phi) is 7.75. The van der Waals surface area contributed by atoms with Crippen LogP contribution in [0.5, 0.6) is 0 Å². The van der Waals surface area contributed by atoms with Gasteiger partial charge in [-0.15, -0.1) is 0 Å². The number of carbonyl (C=O) groups is 2. The van der Waals surface area contributed by atoms with E-state index in [0.29, 0.717) is 18.4 Å². The second-order valence-corrected chi connectivity index (χ2v) is 9.08. The maximum atomic E-state index is 12.9. The summed E-state index contributed by atoms with van der Waals surface area (Å²) in [5.74, 6) is -1.09. The van der Waals surface area contributed by atoms with Crippen LogP contribution < -0.4 is 10.0 Å². The first-order chi connectivity index (χ1) is 14.1. The van der Waals surface area contributed by atoms with E-state index < -0.39 is 27.4 Å². The van der Waals surface area contributed by atoms with Gasteiger partial charge in [0, 0.05) is 12.1 Å². The van der Waals surface area contributed by atoms with Gasteiger partial charge in [-0.2, -0.15) is 0 Å². The van der Waals surface area contributed by atoms with Gasteiger partial charge < -0.3 is 10.1 Å². The Bertz CT molecular complexity index is 1010. The van der Waals surface area contributed by atoms with E-state index in [9.17, 15) is 18.0 Å². The maximum absolute atomic E-state index is 12.9. The summed E-state index contributed by atoms with van der Waals surface area (Å²) in [5, 5.41) is 2.71. The molecule has 2 rings (SSSR count). The molecule has 2 N–H and O–H groups in total. The molecule has 0 bridgehead atoms. The minimum atomic E-state index is -3.83. The van der Waals surface area contributed by atoms with Gasteiger partial charge in [-0.25, -0.2) is 17.9 Å². The van der Waals surface area contributed by atoms with E-state index in [1.807, 2.05) is 37.3 Å². The molecule has 0 aliphatic rings. The first-order valence-electron chi connectivity index (χ1n) is 9.68. The van der Waals surface area contributed by atoms with Gasteiger partial charge in [0.05, 0.1) is 12.0 Å². The number of sulfonamides is 1. The molecule has 0 fully saturated rings. The summed E-state index contributed by atoms with van der Waals surface area (Å²) < 4.78 is 32.8. The molecule has 0 heterocycles. The summed E-state index contributed by atoms with van der Waals surface area (Å²) in [7, 11) is -2.56. The van der Waals surface area contributed by atoms with E-state index in [1.54, 1.807) is 19.9 Å². The standard InChI is InChI=1S/C22H28N2O5S/c1-5-13-22(3,21(26)29-4)24-20(25)19-14-18(12-11-16(19)2)30(27,28)23-15-17-9-7-6-8-10-17/h6-12,14,23H,5,13,15H2,1-4H3,(H,24,25). The van der Waals surface area contributed by atoms with E-state index in [4.69, 9.17) is 4.74 Å². The van der Waals surface area contributed by atoms with Crippen LogP contribution in [0.1, 0.15) is 48.2 Å². The third-order valence-corrected chi connectivity index (χ3v) is 6.25. The summed E-state index contributed by atoms with van der Waals surface area (Å²) in [6.07, 6.45) is 1.05. The minimum Gasteiger partial charge on any atom is -0.467 e. The average molecular weight is 433 g/mol. The Balaban J connectivity index is 2.27. The van der Waals surface area contributed by atoms with Crippen molar-refractivity contribution in [2.45, 2.75) is 50.6 Å². The summed E-state index contributed by atoms with van der Waals surface area (Å²) in [4.78, 5) is 25.1. The Labute approximate surface area is 177 Å². The van der Waals surface area contributed by atoms with E-state index in [1.165, 1.54) is 19.2 Å². The molecule has 7 nitrogen and oxygen atoms in total. The molecule has 0 aliphatic carbocycles. The largest absolute Gasteiger partial charge is 0.467 e. The fraction of sp³-hybridized carbons (Fsp3) is 0.364. The highest BCUT2D eigenvalue weighted by atomic mass is 32.2. The lowest BCUT2D eigenvalue weighted by atomic mass is 9.95. The zero-order valence-corrected chi connectivity index (χ0v) is 18.5. The smallest absolute Gasteiger partial charge is 0.331 e. The number of hydrogen-bond acceptors (Lipinski definition) is 5. The summed E-state index contributed by atoms with van der Waals surface area (Å²) in [6.45, 7) is 5.33. The Hall–Kier alpha value is -2.71. The summed E-state index contributed by atoms with van der Waals surface area (Å²) in [6, 6.07) is 13.5. The van der Waals surface area contributed by atoms with Crippen molar-refractivity contribution in [3.05, 3.63) is 65.2 Å². The highest BCUT2D eigenvalue weighted by Crippen LogP contribution is 2.20. The van der Waals surface area contributed by atoms with Crippen LogP contribution in [-0.4, -0.2) is 32.9 Å². The molecular formula is C22H28N2O5S. The van der Waals surface area contributed by atoms with Gasteiger partial charge in [0.15, 0.2) is 0 Å². The van der Waals surface area contributed by atoms with Crippen molar-refractivity contribution in [3.63, 3.8) is 0 Å². The Morgan fingerprint density at radius 3 is 2.37 bits per heavy atom. The molecule has 0 aromatic heterocycles. The predicted octanol–water partition coefficient (Wildman–Crippen LogP) is 2.94. The number of ether oxygens (including phenoxy) is 1. The minimum absolute atomic E-state index is 0.0237. The van der Waals surface area contributed by atoms with E-state index in [2.05, 4.69) is 10.0 Å². The van der Waals surface area contributed by atoms with Crippen molar-refractivity contribution in [1.29, 1.82) is 0 Å². The van der Waals surface area contributed by atoms with E-state index >= 15 is 0 Å². The molecule has 8 heteroatoms. The summed E-state index contributed by atoms with van der Waals surface area (Å²) in [5.41, 5.74) is 0.398. The molecule has 0 aliphatic heterocycles. The third-order valence-electron chi connectivity index (χ3n) is 4.85. The number of amides is 1. The van der Waals surface area contributed by atoms with Crippen LogP contribution in [0, 0.1) is 6.92 Å². The number of methoxy groups -OCH3 is 1. The van der Waals surface area contributed by atoms with Crippen molar-refractivity contribution >= 4 is 21.9 Å². The number of nitrogens with one attached hydrogen (secondary N) is 2. The molecule has 2 aromatic rings. The maximum Gasteiger partial charge on any atom is 0.331 e. The van der Waals surface area contributed by atoms with Crippen LogP contribution in [-0.2, 0) is 26.1 Å². The topological polar surface area (TPSA) is 102 Å². The number of aryl methyl sites for hydroxylation is 1. The summed E-state index contributed by atoms with van der Waals surface area (Å²) >= 11 is 0. The van der Waals surface area contributed by atoms with Gasteiger partial charge in [-0.1, -0.05) is 49.7 Å². The lowest BCUT2D eigenvalue weighted by Crippen LogP contribution is -2.52. The van der Waals surface area contributed by atoms with Crippen LogP contribution in [0.25, 0.3) is 0 Å². The van der Waals surface area contributed by atoms with Gasteiger partial charge in [0.1, 0.15) is 5.54 Å². The van der Waals surface area contributed by atoms with E-state index in [0.717, 1.165) is 5.56 Å². The number of benzene rings is 2. The second kappa shape index (κ2) is 9.86. The molecule has 30 heavy (non-hydrogen) atoms. The van der Waals surface area contributed by atoms with Crippen LogP contribution >= 0.6 is 0 Å². The lowest BCUT2D eigenvalue weighted by molar-refractivity contribution is -0.147. The average Bonchev–Trinajstić information content (AvgIpc) is 2.72. The van der Waals surface area contributed by atoms with Gasteiger partial charge in [-0.3, -0.25) is 4.79 Å².